The molecule has 5 aliphatic heterocycles. The summed E-state index contributed by atoms with van der Waals surface area (Å²) in [4.78, 5) is 86.8. The first-order chi connectivity index (χ1) is 29.4. The Morgan fingerprint density at radius 2 is 1.16 bits per heavy atom. The van der Waals surface area contributed by atoms with Gasteiger partial charge < -0.3 is 15.2 Å². The number of nitrogens with two attached hydrogens (primary N) is 1. The fourth-order valence-corrected chi connectivity index (χ4v) is 16.6. The van der Waals surface area contributed by atoms with Crippen LogP contribution in [0.3, 0.4) is 0 Å². The van der Waals surface area contributed by atoms with E-state index >= 15 is 0 Å². The summed E-state index contributed by atoms with van der Waals surface area (Å²) >= 11 is 0. The molecule has 0 aromatic heterocycles. The van der Waals surface area contributed by atoms with Crippen LogP contribution in [-0.2, 0) is 42.4 Å². The summed E-state index contributed by atoms with van der Waals surface area (Å²) in [7, 11) is -1.30. The van der Waals surface area contributed by atoms with Crippen LogP contribution in [0, 0.1) is 0 Å². The highest BCUT2D eigenvalue weighted by atomic mass is 28.3. The fraction of sp³-hybridized carbons (Fsp3) is 0.404. The fourth-order valence-electron chi connectivity index (χ4n) is 10.8. The number of benzene rings is 3. The van der Waals surface area contributed by atoms with E-state index in [2.05, 4.69) is 21.9 Å². The topological polar surface area (TPSA) is 160 Å². The molecule has 0 bridgehead atoms. The number of hydrogen-bond donors (Lipinski definition) is 1. The summed E-state index contributed by atoms with van der Waals surface area (Å²) in [5.74, 6) is -2.47. The van der Waals surface area contributed by atoms with Gasteiger partial charge in [0, 0.05) is 53.8 Å². The van der Waals surface area contributed by atoms with Gasteiger partial charge in [-0.1, -0.05) is 83.4 Å². The van der Waals surface area contributed by atoms with E-state index in [1.54, 1.807) is 6.07 Å². The Morgan fingerprint density at radius 1 is 0.705 bits per heavy atom. The average Bonchev–Trinajstić information content (AvgIpc) is 3.89. The smallest absolute Gasteiger partial charge is 0.340 e. The highest BCUT2D eigenvalue weighted by Crippen LogP contribution is 2.52. The monoisotopic (exact) mass is 843 g/mol. The number of amides is 5. The predicted molar refractivity (Wildman–Crippen MR) is 231 cm³/mol. The number of likely N-dealkylation sites (N-methyl/N-ethyl adjacent to an activating group) is 2. The Labute approximate surface area is 357 Å². The van der Waals surface area contributed by atoms with Gasteiger partial charge in [0.05, 0.1) is 30.6 Å². The minimum atomic E-state index is -2.73. The van der Waals surface area contributed by atoms with Crippen molar-refractivity contribution in [1.82, 2.24) is 19.6 Å². The molecule has 13 nitrogen and oxygen atoms in total. The third-order valence-corrected chi connectivity index (χ3v) is 19.0. The van der Waals surface area contributed by atoms with Gasteiger partial charge in [-0.15, -0.1) is 0 Å². The van der Waals surface area contributed by atoms with Crippen molar-refractivity contribution in [2.75, 3.05) is 33.3 Å². The van der Waals surface area contributed by atoms with E-state index in [4.69, 9.17) is 15.2 Å². The molecule has 0 saturated carbocycles. The molecular formula is C47H53N5O8Si. The summed E-state index contributed by atoms with van der Waals surface area (Å²) in [5, 5.41) is 2.22. The van der Waals surface area contributed by atoms with E-state index in [1.807, 2.05) is 52.0 Å². The summed E-state index contributed by atoms with van der Waals surface area (Å²) in [6, 6.07) is 17.6. The zero-order chi connectivity index (χ0) is 43.4. The number of primary amides is 1. The number of carbonyl (C=O) groups is 6. The molecule has 5 heterocycles. The van der Waals surface area contributed by atoms with Gasteiger partial charge in [0.1, 0.15) is 13.8 Å². The predicted octanol–water partition coefficient (Wildman–Crippen LogP) is 3.59. The van der Waals surface area contributed by atoms with Crippen molar-refractivity contribution in [1.29, 1.82) is 0 Å². The number of carbonyl (C=O) groups excluding carboxylic acids is 6. The molecule has 14 heteroatoms. The number of methoxy groups -OCH3 is 1. The number of esters is 1. The second kappa shape index (κ2) is 16.3. The minimum absolute atomic E-state index is 0.122. The van der Waals surface area contributed by atoms with Crippen LogP contribution in [0.4, 0.5) is 0 Å². The molecule has 1 saturated heterocycles. The van der Waals surface area contributed by atoms with E-state index in [-0.39, 0.29) is 40.5 Å². The van der Waals surface area contributed by atoms with Crippen molar-refractivity contribution in [2.45, 2.75) is 89.8 Å². The number of hydrogen-bond acceptors (Lipinski definition) is 10. The van der Waals surface area contributed by atoms with Crippen LogP contribution >= 0.6 is 0 Å². The minimum Gasteiger partial charge on any atom is -0.496 e. The van der Waals surface area contributed by atoms with Gasteiger partial charge in [-0.2, -0.15) is 0 Å². The molecule has 2 N–H and O–H groups in total. The van der Waals surface area contributed by atoms with Gasteiger partial charge in [-0.05, 0) is 71.9 Å². The van der Waals surface area contributed by atoms with Crippen LogP contribution < -0.4 is 20.8 Å². The Hall–Kier alpha value is -5.70. The summed E-state index contributed by atoms with van der Waals surface area (Å²) in [5.41, 5.74) is 8.91. The van der Waals surface area contributed by atoms with Crippen LogP contribution in [0.1, 0.15) is 95.5 Å². The molecule has 8 rings (SSSR count). The van der Waals surface area contributed by atoms with Crippen molar-refractivity contribution in [3.63, 3.8) is 0 Å². The van der Waals surface area contributed by atoms with E-state index in [9.17, 15) is 28.8 Å². The molecule has 318 valence electrons. The zero-order valence-corrected chi connectivity index (χ0v) is 36.5. The first-order valence-corrected chi connectivity index (χ1v) is 23.9. The van der Waals surface area contributed by atoms with Crippen LogP contribution in [0.15, 0.2) is 72.8 Å². The molecule has 5 aliphatic rings. The SMILES string of the molecule is CCN(CC)C(Cc1ccc2c(c1)[Si]1(CCCCC1)c1cc(CC(N(CC)CC)N3C(=O)C=CC3=O)ccc1C21OC(=O)c2cc(OC)c(C(N)=O)cc21)N1C(=O)C=CC1=O. The Bertz CT molecular complexity index is 2260. The van der Waals surface area contributed by atoms with Crippen molar-refractivity contribution in [2.24, 2.45) is 5.73 Å². The number of fused-ring (bicyclic) bond motifs is 8. The summed E-state index contributed by atoms with van der Waals surface area (Å²) in [6.45, 7) is 10.6. The third-order valence-electron chi connectivity index (χ3n) is 13.7. The van der Waals surface area contributed by atoms with Crippen molar-refractivity contribution >= 4 is 54.0 Å². The average molecular weight is 844 g/mol. The van der Waals surface area contributed by atoms with E-state index in [0.717, 1.165) is 64.0 Å². The van der Waals surface area contributed by atoms with Crippen molar-refractivity contribution < 1.29 is 38.2 Å². The largest absolute Gasteiger partial charge is 0.496 e. The first kappa shape index (κ1) is 42.0. The second-order valence-electron chi connectivity index (χ2n) is 16.5. The lowest BCUT2D eigenvalue weighted by atomic mass is 9.78. The number of rotatable bonds is 14. The van der Waals surface area contributed by atoms with Gasteiger partial charge in [0.15, 0.2) is 5.60 Å². The number of imide groups is 2. The lowest BCUT2D eigenvalue weighted by molar-refractivity contribution is -0.145. The van der Waals surface area contributed by atoms with Gasteiger partial charge in [-0.25, -0.2) is 4.79 Å². The van der Waals surface area contributed by atoms with Gasteiger partial charge >= 0.3 is 5.97 Å². The lowest BCUT2D eigenvalue weighted by Crippen LogP contribution is -2.67. The standard InChI is InChI=1S/C47H53N5O8Si/c1-6-49(7-2)39(51-41(53)17-18-42(51)54)25-29-13-15-33-37(23-29)61(21-11-10-12-22-61)38-24-30(26-40(50(8-3)9-4)52-43(55)19-20-44(52)56)14-16-34(38)47(33)35-27-32(45(48)57)36(59-5)28-31(35)46(58)60-47/h13-20,23-24,27-28,39-40H,6-12,21-22,25-26H2,1-5H3,(H2,48,57). The molecule has 3 aromatic carbocycles. The van der Waals surface area contributed by atoms with E-state index < -0.39 is 37.9 Å². The maximum atomic E-state index is 14.3. The van der Waals surface area contributed by atoms with Crippen LogP contribution in [0.5, 0.6) is 5.75 Å². The quantitative estimate of drug-likeness (QED) is 0.145. The van der Waals surface area contributed by atoms with Crippen molar-refractivity contribution in [3.05, 3.63) is 112 Å². The van der Waals surface area contributed by atoms with E-state index in [0.29, 0.717) is 44.6 Å². The molecule has 0 aliphatic carbocycles. The molecule has 61 heavy (non-hydrogen) atoms. The van der Waals surface area contributed by atoms with Crippen LogP contribution in [0.2, 0.25) is 12.1 Å². The Kier molecular flexibility index (Phi) is 11.2. The molecule has 2 atom stereocenters. The molecule has 2 spiro atoms. The maximum absolute atomic E-state index is 14.3. The first-order valence-electron chi connectivity index (χ1n) is 21.5. The molecule has 0 radical (unpaired) electrons. The van der Waals surface area contributed by atoms with Crippen LogP contribution in [-0.4, -0.2) is 109 Å². The zero-order valence-electron chi connectivity index (χ0n) is 35.5. The maximum Gasteiger partial charge on any atom is 0.340 e. The van der Waals surface area contributed by atoms with Gasteiger partial charge in [0.25, 0.3) is 29.5 Å². The summed E-state index contributed by atoms with van der Waals surface area (Å²) < 4.78 is 12.3. The Balaban J connectivity index is 1.36. The van der Waals surface area contributed by atoms with Crippen molar-refractivity contribution in [3.8, 4) is 5.75 Å². The van der Waals surface area contributed by atoms with Gasteiger partial charge in [-0.3, -0.25) is 43.6 Å². The number of nitrogens with zero attached hydrogens (tertiary/aromatic N) is 4. The molecule has 1 fully saturated rings. The summed E-state index contributed by atoms with van der Waals surface area (Å²) in [6.07, 6.45) is 8.10. The molecule has 3 aromatic rings. The lowest BCUT2D eigenvalue weighted by Gasteiger charge is -2.48. The Morgan fingerprint density at radius 3 is 1.57 bits per heavy atom. The normalized spacial score (nSPS) is 20.9. The van der Waals surface area contributed by atoms with Crippen LogP contribution in [0.25, 0.3) is 0 Å². The van der Waals surface area contributed by atoms with Gasteiger partial charge in [0.2, 0.25) is 0 Å². The number of ether oxygens (including phenoxy) is 2. The van der Waals surface area contributed by atoms with E-state index in [1.165, 1.54) is 47.3 Å². The third kappa shape index (κ3) is 6.66. The molecule has 2 unspecified atom stereocenters. The highest BCUT2D eigenvalue weighted by Gasteiger charge is 2.59. The highest BCUT2D eigenvalue weighted by molar-refractivity contribution is 7.03. The second-order valence-corrected chi connectivity index (χ2v) is 20.7. The molecular weight excluding hydrogens is 791 g/mol. The molecule has 5 amide bonds.